The monoisotopic (exact) mass is 404 g/mol. The van der Waals surface area contributed by atoms with Crippen LogP contribution in [0.5, 0.6) is 0 Å². The van der Waals surface area contributed by atoms with Crippen LogP contribution in [-0.2, 0) is 4.94 Å². The van der Waals surface area contributed by atoms with E-state index in [0.717, 1.165) is 0 Å². The van der Waals surface area contributed by atoms with Gasteiger partial charge in [0.25, 0.3) is 5.92 Å². The maximum absolute atomic E-state index is 13.8. The zero-order valence-electron chi connectivity index (χ0n) is 13.4. The van der Waals surface area contributed by atoms with Crippen LogP contribution in [0.4, 0.5) is 39.6 Å². The van der Waals surface area contributed by atoms with E-state index >= 15 is 0 Å². The molecule has 0 spiro atoms. The van der Waals surface area contributed by atoms with Gasteiger partial charge in [-0.05, 0) is 15.7 Å². The van der Waals surface area contributed by atoms with E-state index in [1.54, 1.807) is 60.7 Å². The van der Waals surface area contributed by atoms with E-state index in [9.17, 15) is 39.6 Å². The minimum Gasteiger partial charge on any atom is -0.244 e. The number of rotatable bonds is 5. The Labute approximate surface area is 148 Å². The Morgan fingerprint density at radius 3 is 1.30 bits per heavy atom. The lowest BCUT2D eigenvalue weighted by Crippen LogP contribution is -2.36. The van der Waals surface area contributed by atoms with Gasteiger partial charge in [-0.2, -0.15) is 22.0 Å². The summed E-state index contributed by atoms with van der Waals surface area (Å²) >= 11 is 0. The molecule has 0 aliphatic rings. The smallest absolute Gasteiger partial charge is 0.244 e. The van der Waals surface area contributed by atoms with Gasteiger partial charge in [-0.3, -0.25) is 0 Å². The summed E-state index contributed by atoms with van der Waals surface area (Å²) < 4.78 is 105. The summed E-state index contributed by atoms with van der Waals surface area (Å²) in [5.41, 5.74) is 0.845. The van der Waals surface area contributed by atoms with Crippen LogP contribution >= 0.6 is 0 Å². The second-order valence-corrected chi connectivity index (χ2v) is 5.24. The van der Waals surface area contributed by atoms with Gasteiger partial charge in [0, 0.05) is 0 Å². The molecule has 0 saturated heterocycles. The molecule has 2 aromatic rings. The highest BCUT2D eigenvalue weighted by atomic mass is 19.4. The first kappa shape index (κ1) is 22.8. The zero-order chi connectivity index (χ0) is 20.7. The minimum absolute atomic E-state index is 0.423. The molecule has 2 aromatic carbocycles. The van der Waals surface area contributed by atoms with Gasteiger partial charge in [0.15, 0.2) is 6.67 Å². The van der Waals surface area contributed by atoms with E-state index in [0.29, 0.717) is 11.1 Å². The third-order valence-corrected chi connectivity index (χ3v) is 3.29. The summed E-state index contributed by atoms with van der Waals surface area (Å²) in [5.74, 6) is -4.65. The molecule has 0 atom stereocenters. The van der Waals surface area contributed by atoms with Gasteiger partial charge < -0.3 is 0 Å². The maximum Gasteiger partial charge on any atom is 0.485 e. The molecular weight excluding hydrogens is 391 g/mol. The summed E-state index contributed by atoms with van der Waals surface area (Å²) in [6.45, 7) is -1.67. The molecular formula is C17H13F9O. The van der Waals surface area contributed by atoms with Gasteiger partial charge >= 0.3 is 12.3 Å². The molecule has 0 amide bonds. The van der Waals surface area contributed by atoms with Gasteiger partial charge in [-0.1, -0.05) is 60.7 Å². The van der Waals surface area contributed by atoms with Crippen molar-refractivity contribution < 1.29 is 44.6 Å². The second-order valence-electron chi connectivity index (χ2n) is 5.24. The van der Waals surface area contributed by atoms with Crippen molar-refractivity contribution >= 4 is 0 Å². The third-order valence-electron chi connectivity index (χ3n) is 3.29. The Kier molecular flexibility index (Phi) is 7.70. The summed E-state index contributed by atoms with van der Waals surface area (Å²) in [5, 5.41) is 0. The molecule has 0 heterocycles. The Bertz CT molecular complexity index is 632. The van der Waals surface area contributed by atoms with Gasteiger partial charge in [-0.25, -0.2) is 13.2 Å². The average Bonchev–Trinajstić information content (AvgIpc) is 2.63. The fourth-order valence-corrected chi connectivity index (χ4v) is 2.09. The first-order valence-corrected chi connectivity index (χ1v) is 7.24. The van der Waals surface area contributed by atoms with E-state index in [1.165, 1.54) is 4.94 Å². The second kappa shape index (κ2) is 9.12. The van der Waals surface area contributed by atoms with Crippen molar-refractivity contribution in [3.8, 4) is 0 Å². The quantitative estimate of drug-likeness (QED) is 0.520. The summed E-state index contributed by atoms with van der Waals surface area (Å²) in [6.07, 6.45) is -11.7. The fourth-order valence-electron chi connectivity index (χ4n) is 2.09. The van der Waals surface area contributed by atoms with Gasteiger partial charge in [-0.15, -0.1) is 4.94 Å². The van der Waals surface area contributed by atoms with Gasteiger partial charge in [0.05, 0.1) is 5.92 Å². The Hall–Kier alpha value is -2.23. The first-order chi connectivity index (χ1) is 12.5. The van der Waals surface area contributed by atoms with Crippen molar-refractivity contribution in [1.29, 1.82) is 0 Å². The van der Waals surface area contributed by atoms with Crippen LogP contribution in [0.2, 0.25) is 0 Å². The first-order valence-electron chi connectivity index (χ1n) is 7.24. The molecule has 2 rings (SSSR count). The van der Waals surface area contributed by atoms with E-state index in [4.69, 9.17) is 0 Å². The lowest BCUT2D eigenvalue weighted by atomic mass is 9.86. The standard InChI is InChI=1S/C15H13F3.C2F6O/c16-11-15(17,18)14(12-7-3-1-4-8-12)13-9-5-2-6-10-13;3-1(4,5)2(6,7)9-8/h1-10,14H,11H2;. The van der Waals surface area contributed by atoms with Gasteiger partial charge in [0.2, 0.25) is 0 Å². The molecule has 0 N–H and O–H groups in total. The van der Waals surface area contributed by atoms with E-state index in [-0.39, 0.29) is 0 Å². The Balaban J connectivity index is 0.000000345. The van der Waals surface area contributed by atoms with Crippen molar-refractivity contribution in [2.75, 3.05) is 6.67 Å². The molecule has 0 aliphatic carbocycles. The number of hydrogen-bond acceptors (Lipinski definition) is 1. The topological polar surface area (TPSA) is 9.23 Å². The lowest BCUT2D eigenvalue weighted by Gasteiger charge is -2.25. The van der Waals surface area contributed by atoms with Crippen molar-refractivity contribution in [3.05, 3.63) is 71.8 Å². The molecule has 0 unspecified atom stereocenters. The molecule has 1 nitrogen and oxygen atoms in total. The average molecular weight is 404 g/mol. The van der Waals surface area contributed by atoms with Crippen molar-refractivity contribution in [2.45, 2.75) is 24.1 Å². The molecule has 0 radical (unpaired) electrons. The third kappa shape index (κ3) is 6.16. The van der Waals surface area contributed by atoms with Crippen molar-refractivity contribution in [2.24, 2.45) is 0 Å². The summed E-state index contributed by atoms with van der Waals surface area (Å²) in [4.78, 5) is 1.34. The Morgan fingerprint density at radius 1 is 0.704 bits per heavy atom. The summed E-state index contributed by atoms with van der Waals surface area (Å²) in [6, 6.07) is 16.6. The fraction of sp³-hybridized carbons (Fsp3) is 0.294. The maximum atomic E-state index is 13.8. The minimum atomic E-state index is -5.98. The predicted octanol–water partition coefficient (Wildman–Crippen LogP) is 6.47. The molecule has 0 aliphatic heterocycles. The molecule has 0 saturated carbocycles. The van der Waals surface area contributed by atoms with Crippen LogP contribution in [0, 0.1) is 0 Å². The highest BCUT2D eigenvalue weighted by Crippen LogP contribution is 2.39. The molecule has 0 bridgehead atoms. The number of benzene rings is 2. The molecule has 10 heteroatoms. The number of hydrogen-bond donors (Lipinski definition) is 0. The highest BCUT2D eigenvalue weighted by Gasteiger charge is 2.61. The molecule has 27 heavy (non-hydrogen) atoms. The molecule has 0 fully saturated rings. The normalized spacial score (nSPS) is 12.5. The van der Waals surface area contributed by atoms with Gasteiger partial charge in [0.1, 0.15) is 0 Å². The van der Waals surface area contributed by atoms with Crippen LogP contribution in [0.1, 0.15) is 17.0 Å². The van der Waals surface area contributed by atoms with E-state index in [2.05, 4.69) is 0 Å². The lowest BCUT2D eigenvalue weighted by molar-refractivity contribution is -0.453. The number of halogens is 9. The van der Waals surface area contributed by atoms with Crippen LogP contribution < -0.4 is 0 Å². The highest BCUT2D eigenvalue weighted by molar-refractivity contribution is 5.34. The Morgan fingerprint density at radius 2 is 1.07 bits per heavy atom. The predicted molar refractivity (Wildman–Crippen MR) is 78.8 cm³/mol. The summed E-state index contributed by atoms with van der Waals surface area (Å²) in [7, 11) is 0. The van der Waals surface area contributed by atoms with Crippen LogP contribution in [-0.4, -0.2) is 24.9 Å². The van der Waals surface area contributed by atoms with Crippen LogP contribution in [0.15, 0.2) is 60.7 Å². The molecule has 150 valence electrons. The molecule has 0 aromatic heterocycles. The van der Waals surface area contributed by atoms with Crippen LogP contribution in [0.25, 0.3) is 0 Å². The van der Waals surface area contributed by atoms with Crippen LogP contribution in [0.3, 0.4) is 0 Å². The zero-order valence-corrected chi connectivity index (χ0v) is 13.4. The van der Waals surface area contributed by atoms with Crippen molar-refractivity contribution in [3.63, 3.8) is 0 Å². The van der Waals surface area contributed by atoms with E-state index < -0.39 is 30.8 Å². The van der Waals surface area contributed by atoms with Crippen molar-refractivity contribution in [1.82, 2.24) is 0 Å². The van der Waals surface area contributed by atoms with E-state index in [1.807, 2.05) is 0 Å². The largest absolute Gasteiger partial charge is 0.485 e. The SMILES string of the molecule is FCC(F)(F)C(c1ccccc1)c1ccccc1.FOC(F)(F)C(F)(F)F. The number of alkyl halides is 8.